The Morgan fingerprint density at radius 3 is 2.67 bits per heavy atom. The van der Waals surface area contributed by atoms with Gasteiger partial charge in [0.2, 0.25) is 0 Å². The molecule has 100 valence electrons. The van der Waals surface area contributed by atoms with Crippen molar-refractivity contribution in [2.24, 2.45) is 17.6 Å². The first kappa shape index (κ1) is 13.7. The second kappa shape index (κ2) is 5.50. The number of nitrogens with two attached hydrogens (primary N) is 1. The molecule has 1 aliphatic carbocycles. The molecule has 1 aromatic carbocycles. The summed E-state index contributed by atoms with van der Waals surface area (Å²) >= 11 is 6.32. The van der Waals surface area contributed by atoms with Gasteiger partial charge >= 0.3 is 0 Å². The predicted molar refractivity (Wildman–Crippen MR) is 79.3 cm³/mol. The summed E-state index contributed by atoms with van der Waals surface area (Å²) in [7, 11) is 2.14. The average molecular weight is 267 g/mol. The van der Waals surface area contributed by atoms with Gasteiger partial charge in [-0.05, 0) is 49.3 Å². The molecular formula is C15H23ClN2. The van der Waals surface area contributed by atoms with Gasteiger partial charge in [-0.25, -0.2) is 0 Å². The van der Waals surface area contributed by atoms with Crippen LogP contribution in [0.3, 0.4) is 0 Å². The number of benzene rings is 1. The summed E-state index contributed by atoms with van der Waals surface area (Å²) in [5.74, 6) is 1.75. The molecule has 2 nitrogen and oxygen atoms in total. The molecule has 2 N–H and O–H groups in total. The van der Waals surface area contributed by atoms with E-state index in [0.717, 1.165) is 35.4 Å². The summed E-state index contributed by atoms with van der Waals surface area (Å²) in [4.78, 5) is 2.30. The first-order chi connectivity index (χ1) is 8.47. The molecule has 2 rings (SSSR count). The van der Waals surface area contributed by atoms with Crippen molar-refractivity contribution >= 4 is 17.3 Å². The molecule has 1 fully saturated rings. The third-order valence-electron chi connectivity index (χ3n) is 3.80. The van der Waals surface area contributed by atoms with Crippen LogP contribution >= 0.6 is 11.6 Å². The smallest absolute Gasteiger partial charge is 0.0459 e. The number of halogens is 1. The molecule has 3 unspecified atom stereocenters. The largest absolute Gasteiger partial charge is 0.374 e. The van der Waals surface area contributed by atoms with Crippen molar-refractivity contribution in [2.75, 3.05) is 18.5 Å². The molecule has 0 aliphatic heterocycles. The van der Waals surface area contributed by atoms with Crippen molar-refractivity contribution in [3.05, 3.63) is 28.8 Å². The van der Waals surface area contributed by atoms with E-state index in [1.165, 1.54) is 12.1 Å². The molecule has 0 aromatic heterocycles. The van der Waals surface area contributed by atoms with Crippen LogP contribution in [0.4, 0.5) is 5.69 Å². The van der Waals surface area contributed by atoms with Crippen LogP contribution in [0, 0.1) is 11.8 Å². The van der Waals surface area contributed by atoms with E-state index in [9.17, 15) is 0 Å². The molecule has 0 saturated heterocycles. The minimum absolute atomic E-state index is 0.151. The van der Waals surface area contributed by atoms with Crippen LogP contribution in [0.15, 0.2) is 18.2 Å². The maximum atomic E-state index is 6.32. The third-order valence-corrected chi connectivity index (χ3v) is 4.16. The molecule has 3 heteroatoms. The Bertz CT molecular complexity index is 417. The summed E-state index contributed by atoms with van der Waals surface area (Å²) in [5.41, 5.74) is 8.16. The Labute approximate surface area is 115 Å². The fourth-order valence-corrected chi connectivity index (χ4v) is 2.65. The summed E-state index contributed by atoms with van der Waals surface area (Å²) in [6.07, 6.45) is 2.20. The maximum Gasteiger partial charge on any atom is 0.0459 e. The molecule has 0 bridgehead atoms. The molecule has 1 saturated carbocycles. The molecule has 0 spiro atoms. The second-order valence-electron chi connectivity index (χ2n) is 5.81. The van der Waals surface area contributed by atoms with E-state index in [2.05, 4.69) is 37.1 Å². The van der Waals surface area contributed by atoms with Crippen LogP contribution in [0.2, 0.25) is 5.02 Å². The Balaban J connectivity index is 2.03. The molecule has 0 heterocycles. The van der Waals surface area contributed by atoms with Gasteiger partial charge in [-0.1, -0.05) is 24.6 Å². The number of hydrogen-bond acceptors (Lipinski definition) is 2. The minimum Gasteiger partial charge on any atom is -0.374 e. The zero-order chi connectivity index (χ0) is 13.3. The van der Waals surface area contributed by atoms with Gasteiger partial charge in [-0.2, -0.15) is 0 Å². The quantitative estimate of drug-likeness (QED) is 0.886. The lowest BCUT2D eigenvalue weighted by Crippen LogP contribution is -2.21. The molecule has 0 amide bonds. The Kier molecular flexibility index (Phi) is 4.18. The first-order valence-corrected chi connectivity index (χ1v) is 7.10. The molecule has 3 atom stereocenters. The van der Waals surface area contributed by atoms with Crippen molar-refractivity contribution in [1.82, 2.24) is 0 Å². The van der Waals surface area contributed by atoms with Crippen molar-refractivity contribution in [2.45, 2.75) is 32.7 Å². The van der Waals surface area contributed by atoms with Gasteiger partial charge in [-0.15, -0.1) is 0 Å². The SMILES string of the molecule is CC(N)Cc1ccc(N(C)CC2CC2C)cc1Cl. The van der Waals surface area contributed by atoms with Crippen LogP contribution in [-0.4, -0.2) is 19.6 Å². The van der Waals surface area contributed by atoms with Gasteiger partial charge in [-0.3, -0.25) is 0 Å². The van der Waals surface area contributed by atoms with E-state index in [1.807, 2.05) is 6.92 Å². The van der Waals surface area contributed by atoms with E-state index in [-0.39, 0.29) is 6.04 Å². The fraction of sp³-hybridized carbons (Fsp3) is 0.600. The highest BCUT2D eigenvalue weighted by Crippen LogP contribution is 2.39. The zero-order valence-electron chi connectivity index (χ0n) is 11.5. The standard InChI is InChI=1S/C15H23ClN2/c1-10-6-13(10)9-18(3)14-5-4-12(7-11(2)17)15(16)8-14/h4-5,8,10-11,13H,6-7,9,17H2,1-3H3. The molecule has 18 heavy (non-hydrogen) atoms. The molecule has 0 radical (unpaired) electrons. The topological polar surface area (TPSA) is 29.3 Å². The molecule has 1 aromatic rings. The highest BCUT2D eigenvalue weighted by atomic mass is 35.5. The van der Waals surface area contributed by atoms with Gasteiger partial charge < -0.3 is 10.6 Å². The lowest BCUT2D eigenvalue weighted by atomic mass is 10.1. The van der Waals surface area contributed by atoms with Crippen molar-refractivity contribution in [1.29, 1.82) is 0 Å². The van der Waals surface area contributed by atoms with Gasteiger partial charge in [0.05, 0.1) is 0 Å². The first-order valence-electron chi connectivity index (χ1n) is 6.72. The second-order valence-corrected chi connectivity index (χ2v) is 6.22. The zero-order valence-corrected chi connectivity index (χ0v) is 12.2. The monoisotopic (exact) mass is 266 g/mol. The fourth-order valence-electron chi connectivity index (χ4n) is 2.40. The van der Waals surface area contributed by atoms with E-state index in [4.69, 9.17) is 17.3 Å². The highest BCUT2D eigenvalue weighted by molar-refractivity contribution is 6.31. The van der Waals surface area contributed by atoms with Gasteiger partial charge in [0.15, 0.2) is 0 Å². The van der Waals surface area contributed by atoms with E-state index < -0.39 is 0 Å². The van der Waals surface area contributed by atoms with Crippen LogP contribution in [0.25, 0.3) is 0 Å². The van der Waals surface area contributed by atoms with Crippen molar-refractivity contribution < 1.29 is 0 Å². The summed E-state index contributed by atoms with van der Waals surface area (Å²) in [6.45, 7) is 5.45. The Morgan fingerprint density at radius 2 is 2.17 bits per heavy atom. The van der Waals surface area contributed by atoms with Crippen LogP contribution in [0.1, 0.15) is 25.8 Å². The maximum absolute atomic E-state index is 6.32. The summed E-state index contributed by atoms with van der Waals surface area (Å²) in [5, 5.41) is 0.834. The molecular weight excluding hydrogens is 244 g/mol. The van der Waals surface area contributed by atoms with Gasteiger partial charge in [0.25, 0.3) is 0 Å². The van der Waals surface area contributed by atoms with E-state index >= 15 is 0 Å². The van der Waals surface area contributed by atoms with Gasteiger partial charge in [0, 0.05) is 30.3 Å². The summed E-state index contributed by atoms with van der Waals surface area (Å²) < 4.78 is 0. The third kappa shape index (κ3) is 3.39. The van der Waals surface area contributed by atoms with Crippen LogP contribution < -0.4 is 10.6 Å². The number of nitrogens with zero attached hydrogens (tertiary/aromatic N) is 1. The normalized spacial score (nSPS) is 23.8. The van der Waals surface area contributed by atoms with E-state index in [0.29, 0.717) is 0 Å². The lowest BCUT2D eigenvalue weighted by Gasteiger charge is -2.20. The van der Waals surface area contributed by atoms with Crippen molar-refractivity contribution in [3.8, 4) is 0 Å². The lowest BCUT2D eigenvalue weighted by molar-refractivity contribution is 0.723. The highest BCUT2D eigenvalue weighted by Gasteiger charge is 2.33. The predicted octanol–water partition coefficient (Wildman–Crippen LogP) is 3.32. The van der Waals surface area contributed by atoms with E-state index in [1.54, 1.807) is 0 Å². The van der Waals surface area contributed by atoms with Crippen LogP contribution in [0.5, 0.6) is 0 Å². The minimum atomic E-state index is 0.151. The molecule has 1 aliphatic rings. The summed E-state index contributed by atoms with van der Waals surface area (Å²) in [6, 6.07) is 6.47. The number of hydrogen-bond donors (Lipinski definition) is 1. The van der Waals surface area contributed by atoms with Crippen LogP contribution in [-0.2, 0) is 6.42 Å². The van der Waals surface area contributed by atoms with Crippen molar-refractivity contribution in [3.63, 3.8) is 0 Å². The average Bonchev–Trinajstić information content (AvgIpc) is 2.96. The Morgan fingerprint density at radius 1 is 1.50 bits per heavy atom. The number of rotatable bonds is 5. The van der Waals surface area contributed by atoms with Gasteiger partial charge in [0.1, 0.15) is 0 Å². The number of anilines is 1. The Hall–Kier alpha value is -0.730.